The van der Waals surface area contributed by atoms with Crippen LogP contribution in [0.4, 0.5) is 8.78 Å². The average molecular weight is 362 g/mol. The first-order valence-corrected chi connectivity index (χ1v) is 8.26. The van der Waals surface area contributed by atoms with E-state index in [4.69, 9.17) is 4.74 Å². The molecule has 1 aromatic carbocycles. The van der Waals surface area contributed by atoms with Gasteiger partial charge in [-0.2, -0.15) is 4.39 Å². The van der Waals surface area contributed by atoms with Gasteiger partial charge in [0.15, 0.2) is 11.6 Å². The van der Waals surface area contributed by atoms with Crippen LogP contribution in [0.25, 0.3) is 0 Å². The molecule has 1 aliphatic carbocycles. The van der Waals surface area contributed by atoms with Crippen LogP contribution in [-0.2, 0) is 0 Å². The molecule has 0 radical (unpaired) electrons. The lowest BCUT2D eigenvalue weighted by molar-refractivity contribution is -0.0719. The number of hydrogen-bond donors (Lipinski definition) is 1. The molecule has 21 heavy (non-hydrogen) atoms. The Balaban J connectivity index is 2.11. The zero-order valence-electron chi connectivity index (χ0n) is 12.7. The van der Waals surface area contributed by atoms with Gasteiger partial charge < -0.3 is 10.1 Å². The van der Waals surface area contributed by atoms with E-state index >= 15 is 0 Å². The van der Waals surface area contributed by atoms with Gasteiger partial charge in [0, 0.05) is 22.4 Å². The number of hydrogen-bond acceptors (Lipinski definition) is 2. The maximum absolute atomic E-state index is 13.8. The molecule has 0 spiro atoms. The van der Waals surface area contributed by atoms with Crippen LogP contribution in [0.2, 0.25) is 0 Å². The highest BCUT2D eigenvalue weighted by Gasteiger charge is 2.52. The second-order valence-corrected chi connectivity index (χ2v) is 6.82. The van der Waals surface area contributed by atoms with Gasteiger partial charge in [-0.1, -0.05) is 36.7 Å². The van der Waals surface area contributed by atoms with E-state index in [1.807, 2.05) is 0 Å². The second kappa shape index (κ2) is 6.61. The Morgan fingerprint density at radius 3 is 2.71 bits per heavy atom. The number of halogens is 3. The van der Waals surface area contributed by atoms with E-state index in [9.17, 15) is 8.78 Å². The first-order valence-electron chi connectivity index (χ1n) is 7.47. The van der Waals surface area contributed by atoms with Crippen molar-refractivity contribution in [1.82, 2.24) is 5.32 Å². The molecule has 3 atom stereocenters. The Labute approximate surface area is 133 Å². The van der Waals surface area contributed by atoms with E-state index in [1.165, 1.54) is 6.07 Å². The van der Waals surface area contributed by atoms with Crippen molar-refractivity contribution in [2.75, 3.05) is 6.54 Å². The SMILES string of the molecule is CCCNC1CC(Oc2cc(Br)cc(F)c2F)C1(C)CC. The molecule has 0 amide bonds. The van der Waals surface area contributed by atoms with Crippen molar-refractivity contribution < 1.29 is 13.5 Å². The molecule has 1 aromatic rings. The first kappa shape index (κ1) is 16.7. The van der Waals surface area contributed by atoms with Gasteiger partial charge in [0.25, 0.3) is 0 Å². The quantitative estimate of drug-likeness (QED) is 0.743. The highest BCUT2D eigenvalue weighted by molar-refractivity contribution is 9.10. The van der Waals surface area contributed by atoms with Gasteiger partial charge in [0.05, 0.1) is 0 Å². The molecule has 1 saturated carbocycles. The van der Waals surface area contributed by atoms with Crippen LogP contribution in [0.5, 0.6) is 5.75 Å². The molecular formula is C16H22BrF2NO. The molecule has 5 heteroatoms. The lowest BCUT2D eigenvalue weighted by atomic mass is 9.61. The van der Waals surface area contributed by atoms with Crippen LogP contribution < -0.4 is 10.1 Å². The molecule has 1 aliphatic rings. The Hall–Kier alpha value is -0.680. The minimum Gasteiger partial charge on any atom is -0.487 e. The smallest absolute Gasteiger partial charge is 0.200 e. The van der Waals surface area contributed by atoms with Gasteiger partial charge in [0.1, 0.15) is 6.10 Å². The van der Waals surface area contributed by atoms with Crippen LogP contribution >= 0.6 is 15.9 Å². The summed E-state index contributed by atoms with van der Waals surface area (Å²) in [5, 5.41) is 3.51. The molecule has 2 nitrogen and oxygen atoms in total. The van der Waals surface area contributed by atoms with Gasteiger partial charge in [-0.05, 0) is 31.5 Å². The Morgan fingerprint density at radius 2 is 2.10 bits per heavy atom. The van der Waals surface area contributed by atoms with Gasteiger partial charge in [-0.15, -0.1) is 0 Å². The summed E-state index contributed by atoms with van der Waals surface area (Å²) in [5.41, 5.74) is -0.0552. The van der Waals surface area contributed by atoms with E-state index in [0.717, 1.165) is 31.9 Å². The van der Waals surface area contributed by atoms with Gasteiger partial charge in [-0.3, -0.25) is 0 Å². The van der Waals surface area contributed by atoms with Crippen LogP contribution in [0.1, 0.15) is 40.0 Å². The van der Waals surface area contributed by atoms with E-state index in [0.29, 0.717) is 10.5 Å². The first-order chi connectivity index (χ1) is 9.92. The fraction of sp³-hybridized carbons (Fsp3) is 0.625. The lowest BCUT2D eigenvalue weighted by Gasteiger charge is -2.53. The molecule has 0 bridgehead atoms. The molecule has 3 unspecified atom stereocenters. The summed E-state index contributed by atoms with van der Waals surface area (Å²) in [7, 11) is 0. The minimum atomic E-state index is -0.915. The molecule has 0 aliphatic heterocycles. The third-order valence-corrected chi connectivity index (χ3v) is 5.07. The van der Waals surface area contributed by atoms with Crippen molar-refractivity contribution in [1.29, 1.82) is 0 Å². The molecule has 0 saturated heterocycles. The van der Waals surface area contributed by atoms with Crippen molar-refractivity contribution in [2.45, 2.75) is 52.2 Å². The molecule has 0 heterocycles. The Morgan fingerprint density at radius 1 is 1.38 bits per heavy atom. The number of benzene rings is 1. The van der Waals surface area contributed by atoms with Crippen molar-refractivity contribution >= 4 is 15.9 Å². The summed E-state index contributed by atoms with van der Waals surface area (Å²) in [6.45, 7) is 7.34. The fourth-order valence-electron chi connectivity index (χ4n) is 2.88. The summed E-state index contributed by atoms with van der Waals surface area (Å²) in [6.07, 6.45) is 2.72. The largest absolute Gasteiger partial charge is 0.487 e. The molecular weight excluding hydrogens is 340 g/mol. The highest BCUT2D eigenvalue weighted by atomic mass is 79.9. The van der Waals surface area contributed by atoms with E-state index in [1.54, 1.807) is 0 Å². The fourth-order valence-corrected chi connectivity index (χ4v) is 3.29. The van der Waals surface area contributed by atoms with Crippen LogP contribution in [-0.4, -0.2) is 18.7 Å². The molecule has 1 fully saturated rings. The van der Waals surface area contributed by atoms with Crippen LogP contribution in [0, 0.1) is 17.0 Å². The molecule has 118 valence electrons. The molecule has 1 N–H and O–H groups in total. The predicted molar refractivity (Wildman–Crippen MR) is 83.6 cm³/mol. The third-order valence-electron chi connectivity index (χ3n) is 4.61. The monoisotopic (exact) mass is 361 g/mol. The maximum atomic E-state index is 13.8. The van der Waals surface area contributed by atoms with Crippen molar-refractivity contribution in [2.24, 2.45) is 5.41 Å². The van der Waals surface area contributed by atoms with Crippen molar-refractivity contribution in [3.8, 4) is 5.75 Å². The van der Waals surface area contributed by atoms with Gasteiger partial charge in [0.2, 0.25) is 5.82 Å². The summed E-state index contributed by atoms with van der Waals surface area (Å²) in [5.74, 6) is -1.82. The molecule has 2 rings (SSSR count). The number of rotatable bonds is 6. The number of nitrogens with one attached hydrogen (secondary N) is 1. The molecule has 0 aromatic heterocycles. The standard InChI is InChI=1S/C16H22BrF2NO/c1-4-6-20-13-9-14(16(13,3)5-2)21-12-8-10(17)7-11(18)15(12)19/h7-8,13-14,20H,4-6,9H2,1-3H3. The van der Waals surface area contributed by atoms with Crippen LogP contribution in [0.15, 0.2) is 16.6 Å². The number of ether oxygens (including phenoxy) is 1. The zero-order chi connectivity index (χ0) is 15.6. The third kappa shape index (κ3) is 3.24. The average Bonchev–Trinajstić information content (AvgIpc) is 2.45. The predicted octanol–water partition coefficient (Wildman–Crippen LogP) is 4.66. The zero-order valence-corrected chi connectivity index (χ0v) is 14.3. The van der Waals surface area contributed by atoms with E-state index in [2.05, 4.69) is 42.0 Å². The minimum absolute atomic E-state index is 0.0134. The Kier molecular flexibility index (Phi) is 5.25. The second-order valence-electron chi connectivity index (χ2n) is 5.91. The highest BCUT2D eigenvalue weighted by Crippen LogP contribution is 2.46. The van der Waals surface area contributed by atoms with Crippen LogP contribution in [0.3, 0.4) is 0 Å². The summed E-state index contributed by atoms with van der Waals surface area (Å²) < 4.78 is 33.5. The maximum Gasteiger partial charge on any atom is 0.200 e. The van der Waals surface area contributed by atoms with E-state index in [-0.39, 0.29) is 17.3 Å². The van der Waals surface area contributed by atoms with Crippen molar-refractivity contribution in [3.05, 3.63) is 28.2 Å². The van der Waals surface area contributed by atoms with E-state index < -0.39 is 11.6 Å². The lowest BCUT2D eigenvalue weighted by Crippen LogP contribution is -2.63. The summed E-state index contributed by atoms with van der Waals surface area (Å²) >= 11 is 3.17. The summed E-state index contributed by atoms with van der Waals surface area (Å²) in [6, 6.07) is 2.96. The summed E-state index contributed by atoms with van der Waals surface area (Å²) in [4.78, 5) is 0. The van der Waals surface area contributed by atoms with Gasteiger partial charge >= 0.3 is 0 Å². The Bertz CT molecular complexity index is 511. The van der Waals surface area contributed by atoms with Crippen molar-refractivity contribution in [3.63, 3.8) is 0 Å². The van der Waals surface area contributed by atoms with Gasteiger partial charge in [-0.25, -0.2) is 4.39 Å². The topological polar surface area (TPSA) is 21.3 Å². The normalized spacial score (nSPS) is 28.3.